The summed E-state index contributed by atoms with van der Waals surface area (Å²) < 4.78 is 11.0. The van der Waals surface area contributed by atoms with Crippen LogP contribution in [0.4, 0.5) is 0 Å². The monoisotopic (exact) mass is 321 g/mol. The Morgan fingerprint density at radius 1 is 1.26 bits per heavy atom. The molecule has 2 N–H and O–H groups in total. The number of hydrogen-bond acceptors (Lipinski definition) is 4. The van der Waals surface area contributed by atoms with Gasteiger partial charge in [0.1, 0.15) is 17.0 Å². The fourth-order valence-corrected chi connectivity index (χ4v) is 2.29. The topological polar surface area (TPSA) is 84.9 Å². The molecule has 2 rings (SSSR count). The Kier molecular flexibility index (Phi) is 5.47. The predicted octanol–water partition coefficient (Wildman–Crippen LogP) is 2.22. The van der Waals surface area contributed by atoms with Gasteiger partial charge < -0.3 is 19.9 Å². The minimum atomic E-state index is -1.11. The number of carbonyl (C=O) groups is 2. The van der Waals surface area contributed by atoms with Gasteiger partial charge >= 0.3 is 5.97 Å². The zero-order valence-electron chi connectivity index (χ0n) is 13.5. The summed E-state index contributed by atoms with van der Waals surface area (Å²) in [4.78, 5) is 23.1. The molecule has 0 aromatic heterocycles. The first kappa shape index (κ1) is 17.1. The molecule has 1 aliphatic rings. The highest BCUT2D eigenvalue weighted by Gasteiger charge is 2.45. The van der Waals surface area contributed by atoms with Crippen LogP contribution in [0.3, 0.4) is 0 Å². The van der Waals surface area contributed by atoms with E-state index in [-0.39, 0.29) is 6.61 Å². The maximum Gasteiger partial charge on any atom is 0.329 e. The quantitative estimate of drug-likeness (QED) is 0.767. The average Bonchev–Trinajstić information content (AvgIpc) is 2.47. The van der Waals surface area contributed by atoms with Crippen molar-refractivity contribution in [3.05, 3.63) is 24.3 Å². The summed E-state index contributed by atoms with van der Waals surface area (Å²) in [6, 6.07) is 7.05. The number of aliphatic carboxylic acids is 1. The Labute approximate surface area is 135 Å². The lowest BCUT2D eigenvalue weighted by Crippen LogP contribution is -2.59. The average molecular weight is 321 g/mol. The summed E-state index contributed by atoms with van der Waals surface area (Å²) >= 11 is 0. The van der Waals surface area contributed by atoms with E-state index in [1.54, 1.807) is 18.2 Å². The van der Waals surface area contributed by atoms with Crippen LogP contribution in [0.2, 0.25) is 0 Å². The van der Waals surface area contributed by atoms with E-state index >= 15 is 0 Å². The molecule has 1 aliphatic carbocycles. The molecule has 1 fully saturated rings. The number of carbonyl (C=O) groups excluding carboxylic acids is 1. The SMILES string of the molecule is CC(C)COc1cccc(OCC(=O)NC2(C(=O)O)CCC2)c1. The van der Waals surface area contributed by atoms with E-state index in [1.165, 1.54) is 0 Å². The third-order valence-electron chi connectivity index (χ3n) is 3.75. The maximum atomic E-state index is 11.9. The molecule has 1 saturated carbocycles. The lowest BCUT2D eigenvalue weighted by atomic mass is 9.77. The van der Waals surface area contributed by atoms with Crippen molar-refractivity contribution < 1.29 is 24.2 Å². The summed E-state index contributed by atoms with van der Waals surface area (Å²) in [5.41, 5.74) is -1.11. The third kappa shape index (κ3) is 4.61. The Morgan fingerprint density at radius 2 is 1.91 bits per heavy atom. The Morgan fingerprint density at radius 3 is 2.43 bits per heavy atom. The van der Waals surface area contributed by atoms with Crippen molar-refractivity contribution in [2.45, 2.75) is 38.6 Å². The van der Waals surface area contributed by atoms with Gasteiger partial charge in [0.05, 0.1) is 6.61 Å². The number of hydrogen-bond donors (Lipinski definition) is 2. The van der Waals surface area contributed by atoms with Gasteiger partial charge in [-0.15, -0.1) is 0 Å². The molecule has 6 heteroatoms. The van der Waals surface area contributed by atoms with Crippen LogP contribution in [0.5, 0.6) is 11.5 Å². The van der Waals surface area contributed by atoms with Crippen LogP contribution in [0, 0.1) is 5.92 Å². The molecule has 0 saturated heterocycles. The minimum absolute atomic E-state index is 0.220. The van der Waals surface area contributed by atoms with Crippen molar-refractivity contribution in [1.82, 2.24) is 5.32 Å². The lowest BCUT2D eigenvalue weighted by Gasteiger charge is -2.38. The largest absolute Gasteiger partial charge is 0.493 e. The Bertz CT molecular complexity index is 566. The van der Waals surface area contributed by atoms with Crippen LogP contribution in [0.25, 0.3) is 0 Å². The molecular formula is C17H23NO5. The minimum Gasteiger partial charge on any atom is -0.493 e. The van der Waals surface area contributed by atoms with E-state index in [2.05, 4.69) is 19.2 Å². The van der Waals surface area contributed by atoms with E-state index in [0.717, 1.165) is 6.42 Å². The van der Waals surface area contributed by atoms with Crippen molar-refractivity contribution in [2.24, 2.45) is 5.92 Å². The summed E-state index contributed by atoms with van der Waals surface area (Å²) in [6.07, 6.45) is 1.74. The van der Waals surface area contributed by atoms with Crippen molar-refractivity contribution in [1.29, 1.82) is 0 Å². The van der Waals surface area contributed by atoms with Crippen LogP contribution < -0.4 is 14.8 Å². The second kappa shape index (κ2) is 7.35. The maximum absolute atomic E-state index is 11.9. The zero-order chi connectivity index (χ0) is 16.9. The van der Waals surface area contributed by atoms with E-state index in [0.29, 0.717) is 36.9 Å². The van der Waals surface area contributed by atoms with E-state index in [1.807, 2.05) is 6.07 Å². The first-order valence-electron chi connectivity index (χ1n) is 7.81. The van der Waals surface area contributed by atoms with Crippen LogP contribution in [-0.4, -0.2) is 35.7 Å². The number of amides is 1. The molecule has 6 nitrogen and oxygen atoms in total. The van der Waals surface area contributed by atoms with E-state index in [9.17, 15) is 14.7 Å². The van der Waals surface area contributed by atoms with Crippen molar-refractivity contribution >= 4 is 11.9 Å². The molecule has 0 radical (unpaired) electrons. The highest BCUT2D eigenvalue weighted by molar-refractivity contribution is 5.88. The molecule has 23 heavy (non-hydrogen) atoms. The number of benzene rings is 1. The van der Waals surface area contributed by atoms with Gasteiger partial charge in [0.25, 0.3) is 5.91 Å². The molecule has 1 aromatic rings. The van der Waals surface area contributed by atoms with Gasteiger partial charge in [0.2, 0.25) is 0 Å². The molecule has 126 valence electrons. The smallest absolute Gasteiger partial charge is 0.329 e. The highest BCUT2D eigenvalue weighted by atomic mass is 16.5. The van der Waals surface area contributed by atoms with Crippen LogP contribution in [-0.2, 0) is 9.59 Å². The summed E-state index contributed by atoms with van der Waals surface area (Å²) in [6.45, 7) is 4.50. The van der Waals surface area contributed by atoms with E-state index in [4.69, 9.17) is 9.47 Å². The Hall–Kier alpha value is -2.24. The fourth-order valence-electron chi connectivity index (χ4n) is 2.29. The molecule has 0 atom stereocenters. The van der Waals surface area contributed by atoms with Crippen molar-refractivity contribution in [3.63, 3.8) is 0 Å². The molecule has 0 aliphatic heterocycles. The number of nitrogens with one attached hydrogen (secondary N) is 1. The third-order valence-corrected chi connectivity index (χ3v) is 3.75. The summed E-state index contributed by atoms with van der Waals surface area (Å²) in [5, 5.41) is 11.7. The number of carboxylic acids is 1. The molecule has 1 amide bonds. The van der Waals surface area contributed by atoms with Gasteiger partial charge in [0.15, 0.2) is 6.61 Å². The highest BCUT2D eigenvalue weighted by Crippen LogP contribution is 2.32. The lowest BCUT2D eigenvalue weighted by molar-refractivity contribution is -0.152. The summed E-state index contributed by atoms with van der Waals surface area (Å²) in [5.74, 6) is 0.193. The van der Waals surface area contributed by atoms with Gasteiger partial charge in [-0.05, 0) is 37.3 Å². The summed E-state index contributed by atoms with van der Waals surface area (Å²) in [7, 11) is 0. The Balaban J connectivity index is 1.84. The first-order chi connectivity index (χ1) is 10.9. The van der Waals surface area contributed by atoms with Crippen LogP contribution in [0.1, 0.15) is 33.1 Å². The predicted molar refractivity (Wildman–Crippen MR) is 84.6 cm³/mol. The molecule has 0 unspecified atom stereocenters. The normalized spacial score (nSPS) is 15.6. The van der Waals surface area contributed by atoms with Gasteiger partial charge in [0, 0.05) is 6.07 Å². The van der Waals surface area contributed by atoms with Gasteiger partial charge in [-0.3, -0.25) is 4.79 Å². The second-order valence-corrected chi connectivity index (χ2v) is 6.26. The van der Waals surface area contributed by atoms with Crippen molar-refractivity contribution in [3.8, 4) is 11.5 Å². The van der Waals surface area contributed by atoms with Gasteiger partial charge in [-0.1, -0.05) is 19.9 Å². The standard InChI is InChI=1S/C17H23NO5/c1-12(2)10-22-13-5-3-6-14(9-13)23-11-15(19)18-17(16(20)21)7-4-8-17/h3,5-6,9,12H,4,7-8,10-11H2,1-2H3,(H,18,19)(H,20,21). The number of carboxylic acid groups (broad SMARTS) is 1. The molecule has 0 bridgehead atoms. The fraction of sp³-hybridized carbons (Fsp3) is 0.529. The van der Waals surface area contributed by atoms with E-state index < -0.39 is 17.4 Å². The molecule has 0 spiro atoms. The number of rotatable bonds is 8. The first-order valence-corrected chi connectivity index (χ1v) is 7.81. The van der Waals surface area contributed by atoms with Crippen molar-refractivity contribution in [2.75, 3.05) is 13.2 Å². The molecule has 0 heterocycles. The zero-order valence-corrected chi connectivity index (χ0v) is 13.5. The molecule has 1 aromatic carbocycles. The van der Waals surface area contributed by atoms with Crippen LogP contribution >= 0.6 is 0 Å². The van der Waals surface area contributed by atoms with Crippen LogP contribution in [0.15, 0.2) is 24.3 Å². The van der Waals surface area contributed by atoms with Gasteiger partial charge in [-0.25, -0.2) is 4.79 Å². The van der Waals surface area contributed by atoms with Gasteiger partial charge in [-0.2, -0.15) is 0 Å². The molecular weight excluding hydrogens is 298 g/mol. The second-order valence-electron chi connectivity index (χ2n) is 6.26. The number of ether oxygens (including phenoxy) is 2.